The van der Waals surface area contributed by atoms with Gasteiger partial charge in [0, 0.05) is 32.4 Å². The largest absolute Gasteiger partial charge is 0.481 e. The van der Waals surface area contributed by atoms with Gasteiger partial charge in [-0.05, 0) is 32.6 Å². The molecule has 0 radical (unpaired) electrons. The van der Waals surface area contributed by atoms with Gasteiger partial charge in [-0.2, -0.15) is 5.26 Å². The first kappa shape index (κ1) is 19.8. The molecule has 8 nitrogen and oxygen atoms in total. The molecule has 0 unspecified atom stereocenters. The molecule has 26 heavy (non-hydrogen) atoms. The number of nitriles is 1. The number of carbonyl (C=O) groups is 3. The minimum atomic E-state index is -0.797. The molecule has 8 heteroatoms. The van der Waals surface area contributed by atoms with Gasteiger partial charge in [0.2, 0.25) is 0 Å². The third-order valence-corrected chi connectivity index (χ3v) is 4.94. The van der Waals surface area contributed by atoms with Crippen LogP contribution in [0.25, 0.3) is 0 Å². The molecule has 2 aliphatic heterocycles. The molecule has 2 rings (SSSR count). The molecule has 0 aromatic heterocycles. The lowest BCUT2D eigenvalue weighted by atomic mass is 9.96. The highest BCUT2D eigenvalue weighted by molar-refractivity contribution is 5.97. The van der Waals surface area contributed by atoms with Crippen molar-refractivity contribution in [3.05, 3.63) is 11.8 Å². The van der Waals surface area contributed by atoms with Crippen molar-refractivity contribution in [3.63, 3.8) is 0 Å². The highest BCUT2D eigenvalue weighted by atomic mass is 16.5. The summed E-state index contributed by atoms with van der Waals surface area (Å²) in [4.78, 5) is 38.8. The smallest absolute Gasteiger partial charge is 0.309 e. The number of carbonyl (C=O) groups excluding carboxylic acids is 2. The van der Waals surface area contributed by atoms with Crippen LogP contribution in [-0.4, -0.2) is 65.5 Å². The van der Waals surface area contributed by atoms with E-state index in [0.717, 1.165) is 0 Å². The Balaban J connectivity index is 1.90. The molecule has 2 heterocycles. The summed E-state index contributed by atoms with van der Waals surface area (Å²) in [7, 11) is 0. The van der Waals surface area contributed by atoms with Crippen molar-refractivity contribution in [1.29, 1.82) is 5.26 Å². The molecule has 0 spiro atoms. The highest BCUT2D eigenvalue weighted by Crippen LogP contribution is 2.21. The summed E-state index contributed by atoms with van der Waals surface area (Å²) in [5.74, 6) is -1.91. The molecule has 2 saturated heterocycles. The first-order chi connectivity index (χ1) is 12.5. The van der Waals surface area contributed by atoms with Crippen LogP contribution in [0, 0.1) is 23.2 Å². The predicted octanol–water partition coefficient (Wildman–Crippen LogP) is 0.992. The van der Waals surface area contributed by atoms with Gasteiger partial charge in [-0.25, -0.2) is 0 Å². The summed E-state index contributed by atoms with van der Waals surface area (Å²) in [5.41, 5.74) is 0.0494. The summed E-state index contributed by atoms with van der Waals surface area (Å²) in [5, 5.41) is 18.4. The van der Waals surface area contributed by atoms with Gasteiger partial charge in [0.15, 0.2) is 0 Å². The van der Waals surface area contributed by atoms with Crippen LogP contribution >= 0.6 is 0 Å². The van der Waals surface area contributed by atoms with Crippen molar-refractivity contribution in [3.8, 4) is 6.07 Å². The number of rotatable bonds is 5. The van der Waals surface area contributed by atoms with E-state index in [-0.39, 0.29) is 29.3 Å². The topological polar surface area (TPSA) is 111 Å². The maximum Gasteiger partial charge on any atom is 0.309 e. The summed E-state index contributed by atoms with van der Waals surface area (Å²) in [6.45, 7) is 3.98. The zero-order valence-corrected chi connectivity index (χ0v) is 15.0. The molecule has 0 aliphatic carbocycles. The van der Waals surface area contributed by atoms with Crippen LogP contribution in [0.2, 0.25) is 0 Å². The lowest BCUT2D eigenvalue weighted by Crippen LogP contribution is -2.41. The van der Waals surface area contributed by atoms with E-state index in [1.54, 1.807) is 11.8 Å². The van der Waals surface area contributed by atoms with E-state index >= 15 is 0 Å². The fraction of sp³-hybridized carbons (Fsp3) is 0.667. The molecular weight excluding hydrogens is 338 g/mol. The lowest BCUT2D eigenvalue weighted by molar-refractivity contribution is -0.150. The molecule has 0 aromatic carbocycles. The van der Waals surface area contributed by atoms with Gasteiger partial charge in [0.05, 0.1) is 18.4 Å². The summed E-state index contributed by atoms with van der Waals surface area (Å²) in [6.07, 6.45) is 3.62. The Morgan fingerprint density at radius 2 is 1.69 bits per heavy atom. The summed E-state index contributed by atoms with van der Waals surface area (Å²) in [6, 6.07) is 1.95. The van der Waals surface area contributed by atoms with Gasteiger partial charge in [0.25, 0.3) is 5.91 Å². The maximum absolute atomic E-state index is 12.6. The zero-order chi connectivity index (χ0) is 19.1. The number of esters is 1. The minimum absolute atomic E-state index is 0.0494. The predicted molar refractivity (Wildman–Crippen MR) is 91.6 cm³/mol. The van der Waals surface area contributed by atoms with Crippen LogP contribution in [0.5, 0.6) is 0 Å². The van der Waals surface area contributed by atoms with Gasteiger partial charge in [-0.15, -0.1) is 0 Å². The normalized spacial score (nSPS) is 19.8. The SMILES string of the molecule is CCOC(=O)C1CCN(C(=O)/C(C#N)=C\N2CCC(C(=O)O)CC2)CC1. The number of piperidine rings is 2. The van der Waals surface area contributed by atoms with Crippen molar-refractivity contribution < 1.29 is 24.2 Å². The number of hydrogen-bond donors (Lipinski definition) is 1. The molecular formula is C18H25N3O5. The van der Waals surface area contributed by atoms with Crippen molar-refractivity contribution in [2.45, 2.75) is 32.6 Å². The number of nitrogens with zero attached hydrogens (tertiary/aromatic N) is 3. The summed E-state index contributed by atoms with van der Waals surface area (Å²) >= 11 is 0. The average molecular weight is 363 g/mol. The molecule has 0 saturated carbocycles. The monoisotopic (exact) mass is 363 g/mol. The van der Waals surface area contributed by atoms with Gasteiger partial charge < -0.3 is 19.6 Å². The third kappa shape index (κ3) is 4.97. The fourth-order valence-electron chi connectivity index (χ4n) is 3.34. The third-order valence-electron chi connectivity index (χ3n) is 4.94. The fourth-order valence-corrected chi connectivity index (χ4v) is 3.34. The Hall–Kier alpha value is -2.56. The highest BCUT2D eigenvalue weighted by Gasteiger charge is 2.30. The van der Waals surface area contributed by atoms with E-state index in [1.807, 2.05) is 11.0 Å². The Kier molecular flexibility index (Phi) is 7.01. The van der Waals surface area contributed by atoms with E-state index < -0.39 is 5.97 Å². The van der Waals surface area contributed by atoms with Gasteiger partial charge in [0.1, 0.15) is 11.6 Å². The Labute approximate surface area is 153 Å². The van der Waals surface area contributed by atoms with Crippen molar-refractivity contribution >= 4 is 17.8 Å². The molecule has 0 atom stereocenters. The van der Waals surface area contributed by atoms with Crippen LogP contribution in [0.4, 0.5) is 0 Å². The summed E-state index contributed by atoms with van der Waals surface area (Å²) < 4.78 is 5.02. The molecule has 1 amide bonds. The Morgan fingerprint density at radius 1 is 1.12 bits per heavy atom. The van der Waals surface area contributed by atoms with Gasteiger partial charge in [-0.3, -0.25) is 14.4 Å². The second kappa shape index (κ2) is 9.22. The molecule has 1 N–H and O–H groups in total. The second-order valence-electron chi connectivity index (χ2n) is 6.62. The van der Waals surface area contributed by atoms with Crippen molar-refractivity contribution in [2.75, 3.05) is 32.8 Å². The van der Waals surface area contributed by atoms with Crippen LogP contribution in [0.3, 0.4) is 0 Å². The number of amides is 1. The average Bonchev–Trinajstić information content (AvgIpc) is 2.66. The standard InChI is InChI=1S/C18H25N3O5/c1-2-26-18(25)14-5-9-21(10-6-14)16(22)15(11-19)12-20-7-3-13(4-8-20)17(23)24/h12-14H,2-10H2,1H3,(H,23,24)/b15-12-. The number of carboxylic acids is 1. The maximum atomic E-state index is 12.6. The van der Waals surface area contributed by atoms with Crippen LogP contribution in [0.1, 0.15) is 32.6 Å². The second-order valence-corrected chi connectivity index (χ2v) is 6.62. The van der Waals surface area contributed by atoms with E-state index in [0.29, 0.717) is 58.5 Å². The molecule has 0 aromatic rings. The number of hydrogen-bond acceptors (Lipinski definition) is 6. The van der Waals surface area contributed by atoms with Crippen LogP contribution in [-0.2, 0) is 19.1 Å². The minimum Gasteiger partial charge on any atom is -0.481 e. The quantitative estimate of drug-likeness (QED) is 0.440. The number of carboxylic acid groups (broad SMARTS) is 1. The number of likely N-dealkylation sites (tertiary alicyclic amines) is 2. The van der Waals surface area contributed by atoms with E-state index in [2.05, 4.69) is 0 Å². The lowest BCUT2D eigenvalue weighted by Gasteiger charge is -2.32. The number of aliphatic carboxylic acids is 1. The van der Waals surface area contributed by atoms with Crippen molar-refractivity contribution in [2.24, 2.45) is 11.8 Å². The molecule has 142 valence electrons. The Morgan fingerprint density at radius 3 is 2.19 bits per heavy atom. The first-order valence-corrected chi connectivity index (χ1v) is 9.01. The van der Waals surface area contributed by atoms with Crippen LogP contribution in [0.15, 0.2) is 11.8 Å². The van der Waals surface area contributed by atoms with E-state index in [1.165, 1.54) is 6.20 Å². The van der Waals surface area contributed by atoms with Crippen molar-refractivity contribution in [1.82, 2.24) is 9.80 Å². The molecule has 2 fully saturated rings. The number of ether oxygens (including phenoxy) is 1. The van der Waals surface area contributed by atoms with E-state index in [9.17, 15) is 19.6 Å². The van der Waals surface area contributed by atoms with Gasteiger partial charge in [-0.1, -0.05) is 0 Å². The van der Waals surface area contributed by atoms with Crippen LogP contribution < -0.4 is 0 Å². The zero-order valence-electron chi connectivity index (χ0n) is 15.0. The molecule has 0 bridgehead atoms. The van der Waals surface area contributed by atoms with E-state index in [4.69, 9.17) is 9.84 Å². The first-order valence-electron chi connectivity index (χ1n) is 9.01. The van der Waals surface area contributed by atoms with Gasteiger partial charge >= 0.3 is 11.9 Å². The Bertz CT molecular complexity index is 609. The molecule has 2 aliphatic rings.